The summed E-state index contributed by atoms with van der Waals surface area (Å²) in [6.07, 6.45) is 1.10. The van der Waals surface area contributed by atoms with E-state index in [1.54, 1.807) is 25.1 Å². The molecule has 3 rings (SSSR count). The number of hydrogen-bond acceptors (Lipinski definition) is 5. The van der Waals surface area contributed by atoms with Gasteiger partial charge in [-0.2, -0.15) is 5.26 Å². The van der Waals surface area contributed by atoms with Gasteiger partial charge in [0.1, 0.15) is 11.4 Å². The van der Waals surface area contributed by atoms with Gasteiger partial charge in [-0.25, -0.2) is 9.18 Å². The van der Waals surface area contributed by atoms with Crippen molar-refractivity contribution in [1.82, 2.24) is 4.57 Å². The highest BCUT2D eigenvalue weighted by atomic mass is 35.5. The van der Waals surface area contributed by atoms with Crippen LogP contribution < -0.4 is 5.43 Å². The van der Waals surface area contributed by atoms with Crippen LogP contribution in [-0.4, -0.2) is 28.2 Å². The number of benzene rings is 2. The third-order valence-electron chi connectivity index (χ3n) is 4.75. The molecule has 3 aromatic rings. The maximum absolute atomic E-state index is 14.8. The second kappa shape index (κ2) is 9.39. The number of carboxylic acids is 1. The average Bonchev–Trinajstić information content (AvgIpc) is 2.73. The minimum Gasteiger partial charge on any atom is -0.477 e. The van der Waals surface area contributed by atoms with Crippen LogP contribution in [-0.2, 0) is 16.1 Å². The Morgan fingerprint density at radius 1 is 1.28 bits per heavy atom. The number of esters is 1. The molecular weight excluding hydrogens is 462 g/mol. The Morgan fingerprint density at radius 3 is 2.59 bits per heavy atom. The topological polar surface area (TPSA) is 109 Å². The summed E-state index contributed by atoms with van der Waals surface area (Å²) >= 11 is 12.2. The molecule has 10 heteroatoms. The summed E-state index contributed by atoms with van der Waals surface area (Å²) in [6, 6.07) is 8.41. The molecule has 32 heavy (non-hydrogen) atoms. The van der Waals surface area contributed by atoms with Crippen molar-refractivity contribution in [3.8, 4) is 6.07 Å². The van der Waals surface area contributed by atoms with E-state index in [2.05, 4.69) is 0 Å². The van der Waals surface area contributed by atoms with E-state index in [1.165, 1.54) is 16.7 Å². The molecule has 0 aliphatic carbocycles. The highest BCUT2D eigenvalue weighted by Gasteiger charge is 2.27. The van der Waals surface area contributed by atoms with Gasteiger partial charge in [0, 0.05) is 33.7 Å². The monoisotopic (exact) mass is 476 g/mol. The number of pyridine rings is 1. The lowest BCUT2D eigenvalue weighted by Gasteiger charge is -2.16. The highest BCUT2D eigenvalue weighted by Crippen LogP contribution is 2.27. The van der Waals surface area contributed by atoms with E-state index in [1.807, 2.05) is 0 Å². The lowest BCUT2D eigenvalue weighted by atomic mass is 9.97. The van der Waals surface area contributed by atoms with Crippen molar-refractivity contribution in [3.63, 3.8) is 0 Å². The first-order valence-electron chi connectivity index (χ1n) is 9.28. The number of hydrogen-bond donors (Lipinski definition) is 1. The minimum atomic E-state index is -1.57. The number of ether oxygens (including phenoxy) is 1. The van der Waals surface area contributed by atoms with Gasteiger partial charge in [0.15, 0.2) is 5.92 Å². The predicted octanol–water partition coefficient (Wildman–Crippen LogP) is 4.36. The van der Waals surface area contributed by atoms with Crippen LogP contribution in [0.15, 0.2) is 41.3 Å². The van der Waals surface area contributed by atoms with E-state index in [4.69, 9.17) is 27.9 Å². The van der Waals surface area contributed by atoms with Gasteiger partial charge in [0.05, 0.1) is 18.2 Å². The fourth-order valence-corrected chi connectivity index (χ4v) is 3.71. The Labute approximate surface area is 191 Å². The number of halogens is 3. The van der Waals surface area contributed by atoms with E-state index < -0.39 is 34.7 Å². The standard InChI is InChI=1S/C22H15Cl2FN2O5/c1-2-32-22(31)15(8-26)13-7-19-14(6-18(13)25)20(28)16(21(29)30)10-27(19)9-11-3-4-12(23)5-17(11)24/h3-7,10,15H,2,9H2,1H3,(H,29,30). The summed E-state index contributed by atoms with van der Waals surface area (Å²) in [6.45, 7) is 1.55. The molecule has 0 saturated carbocycles. The minimum absolute atomic E-state index is 0.00599. The fourth-order valence-electron chi connectivity index (χ4n) is 3.24. The van der Waals surface area contributed by atoms with Crippen LogP contribution in [0.25, 0.3) is 10.9 Å². The third-order valence-corrected chi connectivity index (χ3v) is 5.33. The van der Waals surface area contributed by atoms with E-state index in [-0.39, 0.29) is 29.6 Å². The van der Waals surface area contributed by atoms with Crippen LogP contribution in [0.2, 0.25) is 10.0 Å². The number of rotatable bonds is 6. The molecule has 0 aliphatic heterocycles. The van der Waals surface area contributed by atoms with Crippen LogP contribution >= 0.6 is 23.2 Å². The fraction of sp³-hybridized carbons (Fsp3) is 0.182. The number of nitrogens with zero attached hydrogens (tertiary/aromatic N) is 2. The zero-order chi connectivity index (χ0) is 23.6. The van der Waals surface area contributed by atoms with Gasteiger partial charge in [0.25, 0.3) is 0 Å². The molecule has 1 unspecified atom stereocenters. The average molecular weight is 477 g/mol. The lowest BCUT2D eigenvalue weighted by molar-refractivity contribution is -0.143. The van der Waals surface area contributed by atoms with Crippen LogP contribution in [0.4, 0.5) is 4.39 Å². The van der Waals surface area contributed by atoms with Crippen molar-refractivity contribution in [3.05, 3.63) is 79.3 Å². The molecule has 0 radical (unpaired) electrons. The number of nitriles is 1. The van der Waals surface area contributed by atoms with Crippen molar-refractivity contribution >= 4 is 46.0 Å². The number of fused-ring (bicyclic) bond motifs is 1. The number of carbonyl (C=O) groups is 2. The van der Waals surface area contributed by atoms with Gasteiger partial charge < -0.3 is 14.4 Å². The summed E-state index contributed by atoms with van der Waals surface area (Å²) in [5, 5.41) is 19.3. The third kappa shape index (κ3) is 4.44. The summed E-state index contributed by atoms with van der Waals surface area (Å²) in [4.78, 5) is 36.4. The molecular formula is C22H15Cl2FN2O5. The maximum atomic E-state index is 14.8. The van der Waals surface area contributed by atoms with Crippen LogP contribution in [0, 0.1) is 17.1 Å². The Morgan fingerprint density at radius 2 is 2.00 bits per heavy atom. The molecule has 0 aliphatic rings. The van der Waals surface area contributed by atoms with Crippen LogP contribution in [0.1, 0.15) is 34.3 Å². The summed E-state index contributed by atoms with van der Waals surface area (Å²) in [5.74, 6) is -5.00. The van der Waals surface area contributed by atoms with Crippen molar-refractivity contribution in [2.45, 2.75) is 19.4 Å². The zero-order valence-electron chi connectivity index (χ0n) is 16.6. The molecule has 0 amide bonds. The summed E-state index contributed by atoms with van der Waals surface area (Å²) in [7, 11) is 0. The molecule has 1 atom stereocenters. The number of carbonyl (C=O) groups excluding carboxylic acids is 1. The van der Waals surface area contributed by atoms with E-state index in [0.29, 0.717) is 15.6 Å². The molecule has 1 N–H and O–H groups in total. The van der Waals surface area contributed by atoms with E-state index >= 15 is 0 Å². The molecule has 0 spiro atoms. The van der Waals surface area contributed by atoms with Gasteiger partial charge >= 0.3 is 11.9 Å². The molecule has 7 nitrogen and oxygen atoms in total. The van der Waals surface area contributed by atoms with Gasteiger partial charge in [-0.3, -0.25) is 9.59 Å². The Balaban J connectivity index is 2.30. The predicted molar refractivity (Wildman–Crippen MR) is 116 cm³/mol. The maximum Gasteiger partial charge on any atom is 0.341 e. The van der Waals surface area contributed by atoms with Crippen LogP contribution in [0.3, 0.4) is 0 Å². The second-order valence-corrected chi connectivity index (χ2v) is 7.59. The molecule has 1 aromatic heterocycles. The molecule has 164 valence electrons. The SMILES string of the molecule is CCOC(=O)C(C#N)c1cc2c(cc1F)c(=O)c(C(=O)O)cn2Cc1ccc(Cl)cc1Cl. The second-order valence-electron chi connectivity index (χ2n) is 6.75. The molecule has 1 heterocycles. The number of aromatic carboxylic acids is 1. The van der Waals surface area contributed by atoms with Crippen LogP contribution in [0.5, 0.6) is 0 Å². The first-order valence-corrected chi connectivity index (χ1v) is 10.0. The van der Waals surface area contributed by atoms with Crippen molar-refractivity contribution in [2.24, 2.45) is 0 Å². The molecule has 0 saturated heterocycles. The molecule has 2 aromatic carbocycles. The Kier molecular flexibility index (Phi) is 6.82. The van der Waals surface area contributed by atoms with Crippen molar-refractivity contribution in [2.75, 3.05) is 6.61 Å². The number of carboxylic acid groups (broad SMARTS) is 1. The Hall–Kier alpha value is -3.41. The van der Waals surface area contributed by atoms with Crippen molar-refractivity contribution in [1.29, 1.82) is 5.26 Å². The van der Waals surface area contributed by atoms with E-state index in [9.17, 15) is 29.1 Å². The van der Waals surface area contributed by atoms with Gasteiger partial charge in [-0.1, -0.05) is 29.3 Å². The molecule has 0 fully saturated rings. The normalized spacial score (nSPS) is 11.7. The quantitative estimate of drug-likeness (QED) is 0.529. The first kappa shape index (κ1) is 23.3. The largest absolute Gasteiger partial charge is 0.477 e. The highest BCUT2D eigenvalue weighted by molar-refractivity contribution is 6.35. The first-order chi connectivity index (χ1) is 15.2. The summed E-state index contributed by atoms with van der Waals surface area (Å²) in [5.41, 5.74) is -1.10. The van der Waals surface area contributed by atoms with E-state index in [0.717, 1.165) is 12.3 Å². The van der Waals surface area contributed by atoms with Gasteiger partial charge in [-0.15, -0.1) is 0 Å². The molecule has 0 bridgehead atoms. The van der Waals surface area contributed by atoms with Gasteiger partial charge in [0.2, 0.25) is 5.43 Å². The number of aromatic nitrogens is 1. The summed E-state index contributed by atoms with van der Waals surface area (Å²) < 4.78 is 21.1. The lowest BCUT2D eigenvalue weighted by Crippen LogP contribution is -2.21. The van der Waals surface area contributed by atoms with Gasteiger partial charge in [-0.05, 0) is 36.8 Å². The zero-order valence-corrected chi connectivity index (χ0v) is 18.1. The smallest absolute Gasteiger partial charge is 0.341 e. The van der Waals surface area contributed by atoms with Crippen molar-refractivity contribution < 1.29 is 23.8 Å². The Bertz CT molecular complexity index is 1350.